The zero-order valence-electron chi connectivity index (χ0n) is 26.4. The van der Waals surface area contributed by atoms with Gasteiger partial charge in [0.25, 0.3) is 0 Å². The maximum atomic E-state index is 15.0. The topological polar surface area (TPSA) is 68.3 Å². The molecule has 0 amide bonds. The second-order valence-corrected chi connectivity index (χ2v) is 13.6. The normalized spacial score (nSPS) is 30.1. The molecular weight excluding hydrogens is 484 g/mol. The molecule has 39 heavy (non-hydrogen) atoms. The van der Waals surface area contributed by atoms with Crippen LogP contribution in [0.3, 0.4) is 0 Å². The van der Waals surface area contributed by atoms with Gasteiger partial charge >= 0.3 is 0 Å². The van der Waals surface area contributed by atoms with Gasteiger partial charge in [0.05, 0.1) is 11.3 Å². The SMILES string of the molecule is CC(C)=CCC[C@]1(C)[C@H](CC=C(C)C)CC2(CC=C(C)C)C(=O)C(CC=C(C)C)C(=O)[C@@]1(C(=O)C(C)C)C2=O. The highest BCUT2D eigenvalue weighted by atomic mass is 16.2. The molecule has 2 aliphatic rings. The summed E-state index contributed by atoms with van der Waals surface area (Å²) in [6.45, 7) is 21.5. The predicted octanol–water partition coefficient (Wildman–Crippen LogP) is 8.36. The Balaban J connectivity index is 3.04. The standard InChI is InChI=1S/C35H52O4/c1-22(2)13-12-19-33(11)27(16-14-23(3)4)21-34(20-18-25(7)8)30(37)28(17-15-24(5)6)31(38)35(33,32(34)39)29(36)26(9)10/h13-15,18,26-28H,12,16-17,19-21H2,1-11H3/t27-,28?,33-,34?,35+/m1/s1. The molecule has 2 bridgehead atoms. The minimum absolute atomic E-state index is 0.166. The number of allylic oxidation sites excluding steroid dienone is 8. The molecule has 0 aliphatic heterocycles. The van der Waals surface area contributed by atoms with Crippen LogP contribution in [0.2, 0.25) is 0 Å². The zero-order chi connectivity index (χ0) is 29.9. The van der Waals surface area contributed by atoms with Gasteiger partial charge in [-0.3, -0.25) is 19.2 Å². The lowest BCUT2D eigenvalue weighted by Gasteiger charge is -2.62. The summed E-state index contributed by atoms with van der Waals surface area (Å²) in [6.07, 6.45) is 10.8. The molecule has 0 aromatic heterocycles. The van der Waals surface area contributed by atoms with Crippen molar-refractivity contribution in [3.05, 3.63) is 46.6 Å². The average molecular weight is 537 g/mol. The molecule has 0 spiro atoms. The van der Waals surface area contributed by atoms with Crippen LogP contribution in [-0.4, -0.2) is 23.1 Å². The van der Waals surface area contributed by atoms with Crippen LogP contribution in [0.1, 0.15) is 115 Å². The van der Waals surface area contributed by atoms with Gasteiger partial charge < -0.3 is 0 Å². The summed E-state index contributed by atoms with van der Waals surface area (Å²) in [5.74, 6) is -3.14. The minimum atomic E-state index is -1.83. The zero-order valence-corrected chi connectivity index (χ0v) is 26.4. The number of rotatable bonds is 11. The molecule has 5 atom stereocenters. The summed E-state index contributed by atoms with van der Waals surface area (Å²) in [5, 5.41) is 0. The number of fused-ring (bicyclic) bond motifs is 2. The molecule has 216 valence electrons. The highest BCUT2D eigenvalue weighted by molar-refractivity contribution is 6.38. The summed E-state index contributed by atoms with van der Waals surface area (Å²) in [7, 11) is 0. The fourth-order valence-electron chi connectivity index (χ4n) is 6.93. The van der Waals surface area contributed by atoms with Gasteiger partial charge in [-0.1, -0.05) is 67.4 Å². The molecule has 2 unspecified atom stereocenters. The van der Waals surface area contributed by atoms with Crippen molar-refractivity contribution in [2.45, 2.75) is 115 Å². The maximum absolute atomic E-state index is 15.0. The van der Waals surface area contributed by atoms with Crippen molar-refractivity contribution in [2.24, 2.45) is 34.0 Å². The van der Waals surface area contributed by atoms with Gasteiger partial charge in [-0.15, -0.1) is 0 Å². The third kappa shape index (κ3) is 5.91. The van der Waals surface area contributed by atoms with Gasteiger partial charge in [0, 0.05) is 5.92 Å². The first kappa shape index (κ1) is 32.8. The molecule has 2 saturated carbocycles. The van der Waals surface area contributed by atoms with E-state index in [2.05, 4.69) is 12.2 Å². The Hall–Kier alpha value is -2.36. The van der Waals surface area contributed by atoms with E-state index in [9.17, 15) is 19.2 Å². The van der Waals surface area contributed by atoms with E-state index < -0.39 is 39.6 Å². The molecule has 2 fully saturated rings. The average Bonchev–Trinajstić information content (AvgIpc) is 2.81. The number of hydrogen-bond donors (Lipinski definition) is 0. The minimum Gasteiger partial charge on any atom is -0.298 e. The van der Waals surface area contributed by atoms with Crippen molar-refractivity contribution in [1.82, 2.24) is 0 Å². The lowest BCUT2D eigenvalue weighted by Crippen LogP contribution is -2.75. The molecular formula is C35H52O4. The highest BCUT2D eigenvalue weighted by Gasteiger charge is 2.77. The number of Topliss-reactive ketones (excluding diaryl/α,β-unsaturated/α-hetero) is 4. The molecule has 4 nitrogen and oxygen atoms in total. The first-order chi connectivity index (χ1) is 18.0. The molecule has 4 heteroatoms. The second kappa shape index (κ2) is 12.4. The van der Waals surface area contributed by atoms with Crippen molar-refractivity contribution >= 4 is 23.1 Å². The lowest BCUT2D eigenvalue weighted by molar-refractivity contribution is -0.190. The Morgan fingerprint density at radius 1 is 0.795 bits per heavy atom. The van der Waals surface area contributed by atoms with Gasteiger partial charge in [0.2, 0.25) is 0 Å². The molecule has 0 aromatic rings. The van der Waals surface area contributed by atoms with Crippen LogP contribution >= 0.6 is 0 Å². The van der Waals surface area contributed by atoms with Gasteiger partial charge in [0.1, 0.15) is 0 Å². The summed E-state index contributed by atoms with van der Waals surface area (Å²) < 4.78 is 0. The van der Waals surface area contributed by atoms with Crippen LogP contribution in [0.25, 0.3) is 0 Å². The fraction of sp³-hybridized carbons (Fsp3) is 0.657. The largest absolute Gasteiger partial charge is 0.298 e. The Kier molecular flexibility index (Phi) is 10.5. The van der Waals surface area contributed by atoms with Gasteiger partial charge in [-0.2, -0.15) is 0 Å². The third-order valence-electron chi connectivity index (χ3n) is 9.14. The maximum Gasteiger partial charge on any atom is 0.168 e. The van der Waals surface area contributed by atoms with Crippen molar-refractivity contribution in [3.63, 3.8) is 0 Å². The van der Waals surface area contributed by atoms with E-state index in [1.54, 1.807) is 13.8 Å². The lowest BCUT2D eigenvalue weighted by atomic mass is 9.36. The van der Waals surface area contributed by atoms with Crippen LogP contribution in [0.15, 0.2) is 46.6 Å². The smallest absolute Gasteiger partial charge is 0.168 e. The first-order valence-corrected chi connectivity index (χ1v) is 14.7. The molecule has 0 aromatic carbocycles. The van der Waals surface area contributed by atoms with Crippen molar-refractivity contribution in [3.8, 4) is 0 Å². The summed E-state index contributed by atoms with van der Waals surface area (Å²) >= 11 is 0. The second-order valence-electron chi connectivity index (χ2n) is 13.6. The van der Waals surface area contributed by atoms with E-state index >= 15 is 0 Å². The van der Waals surface area contributed by atoms with E-state index in [1.807, 2.05) is 74.5 Å². The molecule has 0 N–H and O–H groups in total. The molecule has 0 heterocycles. The van der Waals surface area contributed by atoms with Crippen LogP contribution < -0.4 is 0 Å². The molecule has 0 saturated heterocycles. The Morgan fingerprint density at radius 3 is 1.79 bits per heavy atom. The van der Waals surface area contributed by atoms with Crippen LogP contribution in [0, 0.1) is 34.0 Å². The summed E-state index contributed by atoms with van der Waals surface area (Å²) in [5.41, 5.74) is 0.221. The first-order valence-electron chi connectivity index (χ1n) is 14.7. The summed E-state index contributed by atoms with van der Waals surface area (Å²) in [6, 6.07) is 0. The highest BCUT2D eigenvalue weighted by Crippen LogP contribution is 2.66. The van der Waals surface area contributed by atoms with E-state index in [0.29, 0.717) is 25.7 Å². The van der Waals surface area contributed by atoms with E-state index in [4.69, 9.17) is 0 Å². The van der Waals surface area contributed by atoms with Crippen molar-refractivity contribution < 1.29 is 19.2 Å². The monoisotopic (exact) mass is 536 g/mol. The van der Waals surface area contributed by atoms with E-state index in [-0.39, 0.29) is 30.3 Å². The third-order valence-corrected chi connectivity index (χ3v) is 9.14. The van der Waals surface area contributed by atoms with Crippen molar-refractivity contribution in [1.29, 1.82) is 0 Å². The van der Waals surface area contributed by atoms with E-state index in [0.717, 1.165) is 22.3 Å². The summed E-state index contributed by atoms with van der Waals surface area (Å²) in [4.78, 5) is 58.7. The molecule has 2 rings (SSSR count). The quantitative estimate of drug-likeness (QED) is 0.196. The Morgan fingerprint density at radius 2 is 1.31 bits per heavy atom. The molecule has 0 radical (unpaired) electrons. The predicted molar refractivity (Wildman–Crippen MR) is 160 cm³/mol. The van der Waals surface area contributed by atoms with Gasteiger partial charge in [-0.05, 0) is 105 Å². The van der Waals surface area contributed by atoms with Gasteiger partial charge in [-0.25, -0.2) is 0 Å². The number of ketones is 4. The molecule has 2 aliphatic carbocycles. The number of carbonyl (C=O) groups is 4. The van der Waals surface area contributed by atoms with Gasteiger partial charge in [0.15, 0.2) is 28.5 Å². The van der Waals surface area contributed by atoms with Crippen LogP contribution in [0.5, 0.6) is 0 Å². The van der Waals surface area contributed by atoms with Crippen molar-refractivity contribution in [2.75, 3.05) is 0 Å². The number of carbonyl (C=O) groups excluding carboxylic acids is 4. The van der Waals surface area contributed by atoms with Crippen LogP contribution in [0.4, 0.5) is 0 Å². The Labute approximate surface area is 237 Å². The van der Waals surface area contributed by atoms with E-state index in [1.165, 1.54) is 0 Å². The fourth-order valence-corrected chi connectivity index (χ4v) is 6.93. The number of hydrogen-bond acceptors (Lipinski definition) is 4. The van der Waals surface area contributed by atoms with Crippen LogP contribution in [-0.2, 0) is 19.2 Å². The Bertz CT molecular complexity index is 1110.